The second-order valence-corrected chi connectivity index (χ2v) is 6.03. The van der Waals surface area contributed by atoms with E-state index in [0.717, 1.165) is 22.3 Å². The molecule has 1 heterocycles. The van der Waals surface area contributed by atoms with Crippen LogP contribution in [-0.4, -0.2) is 20.7 Å². The Hall–Kier alpha value is -3.21. The molecule has 0 radical (unpaired) electrons. The van der Waals surface area contributed by atoms with Gasteiger partial charge in [-0.2, -0.15) is 5.10 Å². The number of para-hydroxylation sites is 1. The first-order valence-corrected chi connectivity index (χ1v) is 7.89. The third-order valence-corrected chi connectivity index (χ3v) is 4.07. The van der Waals surface area contributed by atoms with Crippen molar-refractivity contribution in [2.24, 2.45) is 0 Å². The first-order chi connectivity index (χ1) is 11.9. The molecule has 5 nitrogen and oxygen atoms in total. The molecule has 3 rings (SSSR count). The zero-order valence-corrected chi connectivity index (χ0v) is 14.3. The minimum absolute atomic E-state index is 0.282. The molecule has 3 aromatic rings. The number of carbonyl (C=O) groups is 1. The summed E-state index contributed by atoms with van der Waals surface area (Å²) in [4.78, 5) is 23.6. The van der Waals surface area contributed by atoms with Crippen LogP contribution in [0.2, 0.25) is 0 Å². The third-order valence-electron chi connectivity index (χ3n) is 4.07. The molecule has 0 fully saturated rings. The number of rotatable bonds is 3. The van der Waals surface area contributed by atoms with Gasteiger partial charge in [-0.25, -0.2) is 4.68 Å². The highest BCUT2D eigenvalue weighted by Crippen LogP contribution is 2.30. The van der Waals surface area contributed by atoms with Crippen LogP contribution in [0.5, 0.6) is 5.75 Å². The predicted molar refractivity (Wildman–Crippen MR) is 96.4 cm³/mol. The highest BCUT2D eigenvalue weighted by molar-refractivity contribution is 5.92. The summed E-state index contributed by atoms with van der Waals surface area (Å²) in [5, 5.41) is 14.1. The Bertz CT molecular complexity index is 1040. The number of aryl methyl sites for hydroxylation is 2. The lowest BCUT2D eigenvalue weighted by Crippen LogP contribution is -2.20. The topological polar surface area (TPSA) is 72.2 Å². The van der Waals surface area contributed by atoms with Crippen molar-refractivity contribution in [3.63, 3.8) is 0 Å². The number of benzene rings is 2. The molecule has 25 heavy (non-hydrogen) atoms. The number of hydrogen-bond acceptors (Lipinski definition) is 4. The van der Waals surface area contributed by atoms with Crippen LogP contribution in [0.15, 0.2) is 53.5 Å². The van der Waals surface area contributed by atoms with Gasteiger partial charge in [0.05, 0.1) is 11.9 Å². The SMILES string of the molecule is CC(=O)c1nn(-c2ccccc2-c2cc(C)ccc2C)cc(O)c1=O. The maximum atomic E-state index is 11.9. The zero-order valence-electron chi connectivity index (χ0n) is 14.3. The van der Waals surface area contributed by atoms with Gasteiger partial charge in [0.1, 0.15) is 0 Å². The largest absolute Gasteiger partial charge is 0.503 e. The van der Waals surface area contributed by atoms with Gasteiger partial charge in [0.2, 0.25) is 0 Å². The van der Waals surface area contributed by atoms with E-state index in [1.54, 1.807) is 0 Å². The molecule has 0 atom stereocenters. The molecular formula is C20H18N2O3. The van der Waals surface area contributed by atoms with Crippen LogP contribution < -0.4 is 5.43 Å². The van der Waals surface area contributed by atoms with Gasteiger partial charge >= 0.3 is 0 Å². The van der Waals surface area contributed by atoms with E-state index in [1.165, 1.54) is 17.8 Å². The van der Waals surface area contributed by atoms with Crippen LogP contribution in [0.1, 0.15) is 28.5 Å². The summed E-state index contributed by atoms with van der Waals surface area (Å²) in [5.74, 6) is -0.991. The number of aromatic hydroxyl groups is 1. The molecule has 0 unspecified atom stereocenters. The molecule has 126 valence electrons. The minimum atomic E-state index is -0.757. The predicted octanol–water partition coefficient (Wildman–Crippen LogP) is 3.42. The van der Waals surface area contributed by atoms with Crippen LogP contribution in [0.25, 0.3) is 16.8 Å². The molecule has 0 amide bonds. The van der Waals surface area contributed by atoms with Gasteiger partial charge in [0.15, 0.2) is 17.2 Å². The third kappa shape index (κ3) is 3.08. The van der Waals surface area contributed by atoms with Gasteiger partial charge < -0.3 is 5.11 Å². The number of aromatic nitrogens is 2. The van der Waals surface area contributed by atoms with Gasteiger partial charge in [-0.15, -0.1) is 0 Å². The second-order valence-electron chi connectivity index (χ2n) is 6.03. The minimum Gasteiger partial charge on any atom is -0.503 e. The lowest BCUT2D eigenvalue weighted by atomic mass is 9.97. The zero-order chi connectivity index (χ0) is 18.1. The van der Waals surface area contributed by atoms with Crippen molar-refractivity contribution in [3.8, 4) is 22.6 Å². The summed E-state index contributed by atoms with van der Waals surface area (Å²) < 4.78 is 1.38. The Morgan fingerprint density at radius 2 is 1.80 bits per heavy atom. The summed E-state index contributed by atoms with van der Waals surface area (Å²) in [6.45, 7) is 5.29. The van der Waals surface area contributed by atoms with Crippen LogP contribution in [-0.2, 0) is 0 Å². The van der Waals surface area contributed by atoms with Crippen molar-refractivity contribution < 1.29 is 9.90 Å². The Balaban J connectivity index is 2.29. The molecule has 1 N–H and O–H groups in total. The van der Waals surface area contributed by atoms with Crippen molar-refractivity contribution in [2.75, 3.05) is 0 Å². The van der Waals surface area contributed by atoms with Crippen molar-refractivity contribution in [1.29, 1.82) is 0 Å². The first-order valence-electron chi connectivity index (χ1n) is 7.89. The molecule has 0 aliphatic rings. The lowest BCUT2D eigenvalue weighted by Gasteiger charge is -2.15. The summed E-state index contributed by atoms with van der Waals surface area (Å²) >= 11 is 0. The average Bonchev–Trinajstić information content (AvgIpc) is 2.59. The highest BCUT2D eigenvalue weighted by Gasteiger charge is 2.16. The molecule has 0 saturated carbocycles. The molecule has 0 aliphatic heterocycles. The van der Waals surface area contributed by atoms with E-state index in [1.807, 2.05) is 50.2 Å². The Morgan fingerprint density at radius 3 is 2.52 bits per heavy atom. The molecule has 5 heteroatoms. The highest BCUT2D eigenvalue weighted by atomic mass is 16.3. The number of nitrogens with zero attached hydrogens (tertiary/aromatic N) is 2. The van der Waals surface area contributed by atoms with E-state index in [9.17, 15) is 14.7 Å². The molecule has 0 aliphatic carbocycles. The van der Waals surface area contributed by atoms with E-state index >= 15 is 0 Å². The van der Waals surface area contributed by atoms with E-state index in [4.69, 9.17) is 0 Å². The van der Waals surface area contributed by atoms with E-state index in [0.29, 0.717) is 5.69 Å². The van der Waals surface area contributed by atoms with E-state index in [-0.39, 0.29) is 5.69 Å². The van der Waals surface area contributed by atoms with E-state index < -0.39 is 17.0 Å². The number of carbonyl (C=O) groups excluding carboxylic acids is 1. The van der Waals surface area contributed by atoms with Gasteiger partial charge in [-0.05, 0) is 31.0 Å². The second kappa shape index (κ2) is 6.36. The van der Waals surface area contributed by atoms with Crippen LogP contribution >= 0.6 is 0 Å². The lowest BCUT2D eigenvalue weighted by molar-refractivity contribution is 0.100. The fourth-order valence-corrected chi connectivity index (χ4v) is 2.76. The maximum absolute atomic E-state index is 11.9. The molecule has 0 spiro atoms. The first kappa shape index (κ1) is 16.6. The molecule has 2 aromatic carbocycles. The normalized spacial score (nSPS) is 10.7. The van der Waals surface area contributed by atoms with Crippen LogP contribution in [0.4, 0.5) is 0 Å². The van der Waals surface area contributed by atoms with E-state index in [2.05, 4.69) is 11.2 Å². The Morgan fingerprint density at radius 1 is 1.08 bits per heavy atom. The van der Waals surface area contributed by atoms with Crippen molar-refractivity contribution in [2.45, 2.75) is 20.8 Å². The summed E-state index contributed by atoms with van der Waals surface area (Å²) in [6, 6.07) is 13.7. The molecule has 0 bridgehead atoms. The summed E-state index contributed by atoms with van der Waals surface area (Å²) in [5.41, 5.74) is 3.78. The molecular weight excluding hydrogens is 316 g/mol. The van der Waals surface area contributed by atoms with Crippen molar-refractivity contribution >= 4 is 5.78 Å². The van der Waals surface area contributed by atoms with Gasteiger partial charge in [-0.1, -0.05) is 42.0 Å². The quantitative estimate of drug-likeness (QED) is 0.745. The Kier molecular flexibility index (Phi) is 4.23. The summed E-state index contributed by atoms with van der Waals surface area (Å²) in [6.07, 6.45) is 1.23. The fourth-order valence-electron chi connectivity index (χ4n) is 2.76. The summed E-state index contributed by atoms with van der Waals surface area (Å²) in [7, 11) is 0. The molecule has 1 aromatic heterocycles. The number of hydrogen-bond donors (Lipinski definition) is 1. The monoisotopic (exact) mass is 334 g/mol. The van der Waals surface area contributed by atoms with Gasteiger partial charge in [-0.3, -0.25) is 9.59 Å². The number of Topliss-reactive ketones (excluding diaryl/α,β-unsaturated/α-hetero) is 1. The van der Waals surface area contributed by atoms with Gasteiger partial charge in [0, 0.05) is 12.5 Å². The molecule has 0 saturated heterocycles. The number of ketones is 1. The van der Waals surface area contributed by atoms with Crippen molar-refractivity contribution in [3.05, 3.63) is 75.7 Å². The van der Waals surface area contributed by atoms with Crippen LogP contribution in [0, 0.1) is 13.8 Å². The standard InChI is InChI=1S/C20H18N2O3/c1-12-8-9-13(2)16(10-12)15-6-4-5-7-17(15)22-11-18(24)20(25)19(21-22)14(3)23/h4-11,24H,1-3H3. The average molecular weight is 334 g/mol. The van der Waals surface area contributed by atoms with Crippen LogP contribution in [0.3, 0.4) is 0 Å². The maximum Gasteiger partial charge on any atom is 0.252 e. The fraction of sp³-hybridized carbons (Fsp3) is 0.150. The van der Waals surface area contributed by atoms with Crippen molar-refractivity contribution in [1.82, 2.24) is 9.78 Å². The van der Waals surface area contributed by atoms with Gasteiger partial charge in [0.25, 0.3) is 5.43 Å². The Labute approximate surface area is 145 Å². The smallest absolute Gasteiger partial charge is 0.252 e.